The summed E-state index contributed by atoms with van der Waals surface area (Å²) in [5.41, 5.74) is 1.04. The van der Waals surface area contributed by atoms with Gasteiger partial charge in [0.05, 0.1) is 0 Å². The summed E-state index contributed by atoms with van der Waals surface area (Å²) in [5, 5.41) is 0.663. The van der Waals surface area contributed by atoms with E-state index in [0.29, 0.717) is 5.25 Å². The zero-order valence-electron chi connectivity index (χ0n) is 8.92. The van der Waals surface area contributed by atoms with Gasteiger partial charge in [-0.15, -0.1) is 0 Å². The number of thioether (sulfide) groups is 1. The lowest BCUT2D eigenvalue weighted by atomic mass is 10.2. The summed E-state index contributed by atoms with van der Waals surface area (Å²) in [6, 6.07) is 5.08. The number of hydrogen-bond acceptors (Lipinski definition) is 2. The third-order valence-corrected chi connectivity index (χ3v) is 4.48. The summed E-state index contributed by atoms with van der Waals surface area (Å²) in [6.07, 6.45) is 2.22. The van der Waals surface area contributed by atoms with E-state index in [9.17, 15) is 4.39 Å². The van der Waals surface area contributed by atoms with Gasteiger partial charge < -0.3 is 4.74 Å². The van der Waals surface area contributed by atoms with Gasteiger partial charge in [0.25, 0.3) is 0 Å². The van der Waals surface area contributed by atoms with Crippen LogP contribution in [0.15, 0.2) is 22.7 Å². The standard InChI is InChI=1S/C12H14BrFOS/c13-10-5-9(6-11(14)7-10)8-16-12-1-3-15-4-2-12/h5-7,12H,1-4,8H2. The molecule has 0 bridgehead atoms. The van der Waals surface area contributed by atoms with Crippen LogP contribution in [0.5, 0.6) is 0 Å². The monoisotopic (exact) mass is 304 g/mol. The van der Waals surface area contributed by atoms with Gasteiger partial charge in [-0.25, -0.2) is 4.39 Å². The minimum absolute atomic E-state index is 0.169. The second-order valence-electron chi connectivity index (χ2n) is 3.90. The Morgan fingerprint density at radius 1 is 1.31 bits per heavy atom. The van der Waals surface area contributed by atoms with Crippen molar-refractivity contribution < 1.29 is 9.13 Å². The van der Waals surface area contributed by atoms with E-state index in [1.165, 1.54) is 6.07 Å². The number of rotatable bonds is 3. The summed E-state index contributed by atoms with van der Waals surface area (Å²) >= 11 is 5.21. The molecule has 0 aromatic heterocycles. The zero-order chi connectivity index (χ0) is 11.4. The van der Waals surface area contributed by atoms with Crippen LogP contribution in [0.2, 0.25) is 0 Å². The molecule has 0 amide bonds. The fourth-order valence-corrected chi connectivity index (χ4v) is 3.38. The molecule has 0 atom stereocenters. The van der Waals surface area contributed by atoms with Crippen LogP contribution < -0.4 is 0 Å². The molecule has 1 saturated heterocycles. The molecule has 1 aromatic carbocycles. The Balaban J connectivity index is 1.88. The van der Waals surface area contributed by atoms with Crippen LogP contribution in [0.25, 0.3) is 0 Å². The molecule has 0 saturated carbocycles. The maximum atomic E-state index is 13.1. The van der Waals surface area contributed by atoms with E-state index in [-0.39, 0.29) is 5.82 Å². The first-order valence-corrected chi connectivity index (χ1v) is 7.22. The largest absolute Gasteiger partial charge is 0.381 e. The van der Waals surface area contributed by atoms with Gasteiger partial charge in [0, 0.05) is 28.7 Å². The molecular weight excluding hydrogens is 291 g/mol. The normalized spacial score (nSPS) is 17.6. The van der Waals surface area contributed by atoms with Gasteiger partial charge in [-0.1, -0.05) is 15.9 Å². The molecule has 1 aromatic rings. The third-order valence-electron chi connectivity index (χ3n) is 2.58. The molecule has 16 heavy (non-hydrogen) atoms. The van der Waals surface area contributed by atoms with Gasteiger partial charge in [-0.05, 0) is 36.6 Å². The molecule has 1 fully saturated rings. The maximum Gasteiger partial charge on any atom is 0.124 e. The molecule has 1 heterocycles. The fraction of sp³-hybridized carbons (Fsp3) is 0.500. The first kappa shape index (κ1) is 12.4. The average molecular weight is 305 g/mol. The van der Waals surface area contributed by atoms with E-state index in [2.05, 4.69) is 15.9 Å². The smallest absolute Gasteiger partial charge is 0.124 e. The maximum absolute atomic E-state index is 13.1. The lowest BCUT2D eigenvalue weighted by molar-refractivity contribution is 0.1000. The van der Waals surface area contributed by atoms with Gasteiger partial charge in [0.15, 0.2) is 0 Å². The van der Waals surface area contributed by atoms with Crippen molar-refractivity contribution >= 4 is 27.7 Å². The van der Waals surface area contributed by atoms with Gasteiger partial charge in [0.2, 0.25) is 0 Å². The van der Waals surface area contributed by atoms with Gasteiger partial charge >= 0.3 is 0 Å². The highest BCUT2D eigenvalue weighted by Crippen LogP contribution is 2.27. The molecule has 1 aliphatic heterocycles. The lowest BCUT2D eigenvalue weighted by Crippen LogP contribution is -2.17. The number of hydrogen-bond donors (Lipinski definition) is 0. The zero-order valence-corrected chi connectivity index (χ0v) is 11.3. The molecule has 0 spiro atoms. The van der Waals surface area contributed by atoms with Crippen molar-refractivity contribution in [3.05, 3.63) is 34.1 Å². The van der Waals surface area contributed by atoms with Crippen LogP contribution in [0, 0.1) is 5.82 Å². The van der Waals surface area contributed by atoms with E-state index in [0.717, 1.165) is 41.8 Å². The molecule has 1 nitrogen and oxygen atoms in total. The highest BCUT2D eigenvalue weighted by molar-refractivity contribution is 9.10. The van der Waals surface area contributed by atoms with Crippen molar-refractivity contribution in [3.8, 4) is 0 Å². The average Bonchev–Trinajstić information content (AvgIpc) is 2.27. The van der Waals surface area contributed by atoms with Gasteiger partial charge in [0.1, 0.15) is 5.82 Å². The third kappa shape index (κ3) is 3.75. The minimum Gasteiger partial charge on any atom is -0.381 e. The Morgan fingerprint density at radius 3 is 2.75 bits per heavy atom. The summed E-state index contributed by atoms with van der Waals surface area (Å²) in [4.78, 5) is 0. The van der Waals surface area contributed by atoms with E-state index >= 15 is 0 Å². The number of ether oxygens (including phenoxy) is 1. The highest BCUT2D eigenvalue weighted by atomic mass is 79.9. The Morgan fingerprint density at radius 2 is 2.06 bits per heavy atom. The van der Waals surface area contributed by atoms with Crippen LogP contribution in [0.3, 0.4) is 0 Å². The highest BCUT2D eigenvalue weighted by Gasteiger charge is 2.14. The van der Waals surface area contributed by atoms with Crippen molar-refractivity contribution in [1.29, 1.82) is 0 Å². The summed E-state index contributed by atoms with van der Waals surface area (Å²) in [6.45, 7) is 1.73. The van der Waals surface area contributed by atoms with Gasteiger partial charge in [-0.3, -0.25) is 0 Å². The minimum atomic E-state index is -0.169. The molecular formula is C12H14BrFOS. The van der Waals surface area contributed by atoms with Crippen LogP contribution in [0.1, 0.15) is 18.4 Å². The van der Waals surface area contributed by atoms with Crippen molar-refractivity contribution in [3.63, 3.8) is 0 Å². The summed E-state index contributed by atoms with van der Waals surface area (Å²) in [5.74, 6) is 0.707. The van der Waals surface area contributed by atoms with Crippen molar-refractivity contribution in [1.82, 2.24) is 0 Å². The molecule has 88 valence electrons. The van der Waals surface area contributed by atoms with E-state index in [1.54, 1.807) is 6.07 Å². The number of halogens is 2. The van der Waals surface area contributed by atoms with E-state index in [4.69, 9.17) is 4.74 Å². The molecule has 2 rings (SSSR count). The SMILES string of the molecule is Fc1cc(Br)cc(CSC2CCOCC2)c1. The van der Waals surface area contributed by atoms with Crippen LogP contribution in [-0.2, 0) is 10.5 Å². The molecule has 0 unspecified atom stereocenters. The van der Waals surface area contributed by atoms with E-state index < -0.39 is 0 Å². The van der Waals surface area contributed by atoms with E-state index in [1.807, 2.05) is 17.8 Å². The molecule has 1 aliphatic rings. The molecule has 0 aliphatic carbocycles. The Labute approximate surface area is 108 Å². The first-order valence-electron chi connectivity index (χ1n) is 5.38. The summed E-state index contributed by atoms with van der Waals surface area (Å²) in [7, 11) is 0. The fourth-order valence-electron chi connectivity index (χ4n) is 1.75. The quantitative estimate of drug-likeness (QED) is 0.835. The predicted molar refractivity (Wildman–Crippen MR) is 69.2 cm³/mol. The van der Waals surface area contributed by atoms with Crippen LogP contribution in [-0.4, -0.2) is 18.5 Å². The van der Waals surface area contributed by atoms with Crippen molar-refractivity contribution in [2.75, 3.05) is 13.2 Å². The first-order chi connectivity index (χ1) is 7.74. The van der Waals surface area contributed by atoms with Gasteiger partial charge in [-0.2, -0.15) is 11.8 Å². The topological polar surface area (TPSA) is 9.23 Å². The van der Waals surface area contributed by atoms with Crippen molar-refractivity contribution in [2.24, 2.45) is 0 Å². The Bertz CT molecular complexity index is 333. The van der Waals surface area contributed by atoms with Crippen LogP contribution in [0.4, 0.5) is 4.39 Å². The summed E-state index contributed by atoms with van der Waals surface area (Å²) < 4.78 is 19.3. The second-order valence-corrected chi connectivity index (χ2v) is 6.10. The Kier molecular flexibility index (Phi) is 4.67. The number of benzene rings is 1. The van der Waals surface area contributed by atoms with Crippen molar-refractivity contribution in [2.45, 2.75) is 23.8 Å². The lowest BCUT2D eigenvalue weighted by Gasteiger charge is -2.21. The Hall–Kier alpha value is -0.0600. The van der Waals surface area contributed by atoms with Crippen LogP contribution >= 0.6 is 27.7 Å². The molecule has 0 N–H and O–H groups in total. The molecule has 4 heteroatoms. The molecule has 0 radical (unpaired) electrons. The predicted octanol–water partition coefficient (Wildman–Crippen LogP) is 4.00. The second kappa shape index (κ2) is 6.03.